The number of nitrogen functional groups attached to an aromatic ring is 2. The predicted octanol–water partition coefficient (Wildman–Crippen LogP) is 1.63. The molecule has 1 amide bonds. The van der Waals surface area contributed by atoms with Gasteiger partial charge in [0.2, 0.25) is 0 Å². The van der Waals surface area contributed by atoms with E-state index in [1.165, 1.54) is 0 Å². The molecular weight excluding hydrogens is 386 g/mol. The van der Waals surface area contributed by atoms with Gasteiger partial charge in [-0.2, -0.15) is 0 Å². The normalized spacial score (nSPS) is 11.5. The van der Waals surface area contributed by atoms with Gasteiger partial charge in [-0.1, -0.05) is 18.5 Å². The van der Waals surface area contributed by atoms with Crippen LogP contribution in [0.1, 0.15) is 48.0 Å². The summed E-state index contributed by atoms with van der Waals surface area (Å²) in [5, 5.41) is 11.8. The number of carboxylic acid groups (broad SMARTS) is 1. The number of anilines is 2. The molecule has 0 aliphatic carbocycles. The molecule has 10 nitrogen and oxygen atoms in total. The lowest BCUT2D eigenvalue weighted by Gasteiger charge is -2.10. The maximum Gasteiger partial charge on any atom is 0.331 e. The van der Waals surface area contributed by atoms with E-state index in [9.17, 15) is 14.7 Å². The van der Waals surface area contributed by atoms with Crippen molar-refractivity contribution >= 4 is 41.2 Å². The van der Waals surface area contributed by atoms with E-state index >= 15 is 0 Å². The van der Waals surface area contributed by atoms with Gasteiger partial charge < -0.3 is 26.5 Å². The molecule has 0 spiro atoms. The topological polar surface area (TPSA) is 162 Å². The van der Waals surface area contributed by atoms with Gasteiger partial charge in [0.25, 0.3) is 5.91 Å². The first-order valence-electron chi connectivity index (χ1n) is 8.56. The molecule has 0 bridgehead atoms. The van der Waals surface area contributed by atoms with Crippen molar-refractivity contribution in [3.05, 3.63) is 33.6 Å². The number of rotatable bonds is 7. The average molecular weight is 408 g/mol. The minimum Gasteiger partial charge on any atom is -0.478 e. The van der Waals surface area contributed by atoms with Crippen LogP contribution in [0.2, 0.25) is 5.15 Å². The number of aryl methyl sites for hydroxylation is 1. The second kappa shape index (κ2) is 8.70. The third-order valence-electron chi connectivity index (χ3n) is 4.08. The fourth-order valence-electron chi connectivity index (χ4n) is 2.65. The van der Waals surface area contributed by atoms with E-state index < -0.39 is 11.9 Å². The highest BCUT2D eigenvalue weighted by molar-refractivity contribution is 6.31. The highest BCUT2D eigenvalue weighted by atomic mass is 35.5. The van der Waals surface area contributed by atoms with Crippen molar-refractivity contribution in [1.82, 2.24) is 24.8 Å². The minimum absolute atomic E-state index is 0.0607. The zero-order valence-electron chi connectivity index (χ0n) is 15.8. The Bertz CT molecular complexity index is 953. The molecule has 2 aromatic rings. The quantitative estimate of drug-likeness (QED) is 0.503. The van der Waals surface area contributed by atoms with Crippen molar-refractivity contribution in [3.8, 4) is 0 Å². The van der Waals surface area contributed by atoms with Crippen LogP contribution >= 0.6 is 11.6 Å². The molecule has 0 atom stereocenters. The number of halogens is 1. The van der Waals surface area contributed by atoms with Crippen molar-refractivity contribution in [2.45, 2.75) is 40.3 Å². The summed E-state index contributed by atoms with van der Waals surface area (Å²) in [5.74, 6) is -1.18. The number of carboxylic acids is 1. The Morgan fingerprint density at radius 2 is 1.89 bits per heavy atom. The van der Waals surface area contributed by atoms with Crippen LogP contribution in [-0.4, -0.2) is 36.5 Å². The van der Waals surface area contributed by atoms with Crippen molar-refractivity contribution < 1.29 is 14.7 Å². The number of hydrogen-bond donors (Lipinski definition) is 4. The number of carbonyl (C=O) groups excluding carboxylic acids is 1. The summed E-state index contributed by atoms with van der Waals surface area (Å²) >= 11 is 5.80. The van der Waals surface area contributed by atoms with Crippen LogP contribution in [0.3, 0.4) is 0 Å². The molecule has 0 saturated carbocycles. The summed E-state index contributed by atoms with van der Waals surface area (Å²) < 4.78 is 1.83. The lowest BCUT2D eigenvalue weighted by molar-refractivity contribution is -0.132. The number of aromatic nitrogens is 4. The summed E-state index contributed by atoms with van der Waals surface area (Å²) in [6.07, 6.45) is 1.98. The molecule has 0 unspecified atom stereocenters. The summed E-state index contributed by atoms with van der Waals surface area (Å²) in [6, 6.07) is 0. The van der Waals surface area contributed by atoms with E-state index in [2.05, 4.69) is 20.3 Å². The molecular formula is C17H22ClN7O3. The Balaban J connectivity index is 2.28. The SMILES string of the molecule is CC/C(=C\c1c(C)nc(CNC(=O)c2nc(Cl)c(N)nc2N)n1CC)C(=O)O. The summed E-state index contributed by atoms with van der Waals surface area (Å²) in [7, 11) is 0. The standard InChI is InChI=1S/C17H22ClN7O3/c1-4-9(17(27)28)6-10-8(3)22-11(25(10)5-2)7-21-16(26)12-14(19)24-15(20)13(18)23-12/h6H,4-5,7H2,1-3H3,(H,21,26)(H,27,28)(H4,19,20,24)/b9-6+. The van der Waals surface area contributed by atoms with Gasteiger partial charge in [-0.25, -0.2) is 19.7 Å². The number of nitrogens with two attached hydrogens (primary N) is 2. The van der Waals surface area contributed by atoms with Crippen LogP contribution in [0.15, 0.2) is 5.57 Å². The third kappa shape index (κ3) is 4.39. The van der Waals surface area contributed by atoms with Crippen LogP contribution in [0, 0.1) is 6.92 Å². The summed E-state index contributed by atoms with van der Waals surface area (Å²) in [4.78, 5) is 35.8. The lowest BCUT2D eigenvalue weighted by atomic mass is 10.1. The maximum atomic E-state index is 12.4. The zero-order chi connectivity index (χ0) is 21.0. The lowest BCUT2D eigenvalue weighted by Crippen LogP contribution is -2.27. The van der Waals surface area contributed by atoms with Crippen molar-refractivity contribution in [3.63, 3.8) is 0 Å². The molecule has 0 fully saturated rings. The molecule has 0 radical (unpaired) electrons. The van der Waals surface area contributed by atoms with Crippen molar-refractivity contribution in [2.75, 3.05) is 11.5 Å². The summed E-state index contributed by atoms with van der Waals surface area (Å²) in [6.45, 7) is 6.08. The molecule has 0 aliphatic heterocycles. The average Bonchev–Trinajstić information content (AvgIpc) is 2.94. The smallest absolute Gasteiger partial charge is 0.331 e. The van der Waals surface area contributed by atoms with Crippen LogP contribution in [0.25, 0.3) is 6.08 Å². The molecule has 0 aliphatic rings. The van der Waals surface area contributed by atoms with E-state index in [4.69, 9.17) is 23.1 Å². The molecule has 2 rings (SSSR count). The Morgan fingerprint density at radius 1 is 1.21 bits per heavy atom. The highest BCUT2D eigenvalue weighted by Gasteiger charge is 2.18. The Kier molecular flexibility index (Phi) is 6.57. The molecule has 150 valence electrons. The maximum absolute atomic E-state index is 12.4. The second-order valence-electron chi connectivity index (χ2n) is 5.89. The monoisotopic (exact) mass is 407 g/mol. The Morgan fingerprint density at radius 3 is 2.46 bits per heavy atom. The van der Waals surface area contributed by atoms with E-state index in [1.807, 2.05) is 11.5 Å². The minimum atomic E-state index is -0.977. The van der Waals surface area contributed by atoms with Gasteiger partial charge in [-0.3, -0.25) is 4.79 Å². The number of nitrogens with zero attached hydrogens (tertiary/aromatic N) is 4. The summed E-state index contributed by atoms with van der Waals surface area (Å²) in [5.41, 5.74) is 12.7. The van der Waals surface area contributed by atoms with E-state index in [1.54, 1.807) is 19.9 Å². The number of imidazole rings is 1. The fourth-order valence-corrected chi connectivity index (χ4v) is 2.77. The highest BCUT2D eigenvalue weighted by Crippen LogP contribution is 2.19. The largest absolute Gasteiger partial charge is 0.478 e. The molecule has 0 aromatic carbocycles. The first kappa shape index (κ1) is 21.2. The predicted molar refractivity (Wildman–Crippen MR) is 106 cm³/mol. The molecule has 6 N–H and O–H groups in total. The zero-order valence-corrected chi connectivity index (χ0v) is 16.5. The number of hydrogen-bond acceptors (Lipinski definition) is 7. The van der Waals surface area contributed by atoms with Gasteiger partial charge in [0.15, 0.2) is 22.5 Å². The number of amides is 1. The molecule has 2 aromatic heterocycles. The van der Waals surface area contributed by atoms with E-state index in [0.717, 1.165) is 0 Å². The van der Waals surface area contributed by atoms with Gasteiger partial charge in [0, 0.05) is 12.1 Å². The van der Waals surface area contributed by atoms with Crippen molar-refractivity contribution in [1.29, 1.82) is 0 Å². The van der Waals surface area contributed by atoms with Crippen LogP contribution in [0.5, 0.6) is 0 Å². The van der Waals surface area contributed by atoms with E-state index in [0.29, 0.717) is 30.2 Å². The van der Waals surface area contributed by atoms with Gasteiger partial charge in [-0.15, -0.1) is 0 Å². The number of carbonyl (C=O) groups is 2. The molecule has 28 heavy (non-hydrogen) atoms. The molecule has 0 saturated heterocycles. The Hall–Kier alpha value is -3.14. The van der Waals surface area contributed by atoms with Crippen LogP contribution < -0.4 is 16.8 Å². The van der Waals surface area contributed by atoms with Gasteiger partial charge in [0.05, 0.1) is 17.9 Å². The molecule has 2 heterocycles. The van der Waals surface area contributed by atoms with Crippen LogP contribution in [-0.2, 0) is 17.9 Å². The first-order valence-corrected chi connectivity index (χ1v) is 8.93. The van der Waals surface area contributed by atoms with Gasteiger partial charge in [-0.05, 0) is 26.3 Å². The first-order chi connectivity index (χ1) is 13.2. The number of nitrogens with one attached hydrogen (secondary N) is 1. The van der Waals surface area contributed by atoms with Crippen molar-refractivity contribution in [2.24, 2.45) is 0 Å². The third-order valence-corrected chi connectivity index (χ3v) is 4.36. The fraction of sp³-hybridized carbons (Fsp3) is 0.353. The Labute approximate surface area is 166 Å². The van der Waals surface area contributed by atoms with E-state index in [-0.39, 0.29) is 34.6 Å². The van der Waals surface area contributed by atoms with Crippen LogP contribution in [0.4, 0.5) is 11.6 Å². The van der Waals surface area contributed by atoms with Gasteiger partial charge >= 0.3 is 5.97 Å². The molecule has 11 heteroatoms. The number of aliphatic carboxylic acids is 1. The van der Waals surface area contributed by atoms with Gasteiger partial charge in [0.1, 0.15) is 5.82 Å². The second-order valence-corrected chi connectivity index (χ2v) is 6.25.